The van der Waals surface area contributed by atoms with Gasteiger partial charge in [-0.3, -0.25) is 10.2 Å². The van der Waals surface area contributed by atoms with E-state index in [4.69, 9.17) is 24.4 Å². The Balaban J connectivity index is 1.73. The molecule has 0 radical (unpaired) electrons. The second-order valence-corrected chi connectivity index (χ2v) is 8.47. The smallest absolute Gasteiger partial charge is 0.177 e. The zero-order chi connectivity index (χ0) is 11.4. The third kappa shape index (κ3) is 3.93. The monoisotopic (exact) mass is 326 g/mol. The van der Waals surface area contributed by atoms with Crippen molar-refractivity contribution in [3.8, 4) is 0 Å². The van der Waals surface area contributed by atoms with Crippen molar-refractivity contribution in [2.24, 2.45) is 0 Å². The van der Waals surface area contributed by atoms with E-state index in [0.29, 0.717) is 0 Å². The fraction of sp³-hybridized carbons (Fsp3) is 0.333. The Morgan fingerprint density at radius 3 is 1.69 bits per heavy atom. The molecule has 2 N–H and O–H groups in total. The van der Waals surface area contributed by atoms with Crippen LogP contribution in [0.3, 0.4) is 0 Å². The Hall–Kier alpha value is 0.260. The molecule has 0 aliphatic carbocycles. The van der Waals surface area contributed by atoms with Crippen molar-refractivity contribution in [2.45, 2.75) is 8.68 Å². The molecule has 86 valence electrons. The van der Waals surface area contributed by atoms with Gasteiger partial charge in [-0.2, -0.15) is 10.2 Å². The average Bonchev–Trinajstić information content (AvgIpc) is 2.83. The lowest BCUT2D eigenvalue weighted by Gasteiger charge is -1.94. The highest BCUT2D eigenvalue weighted by molar-refractivity contribution is 8.04. The van der Waals surface area contributed by atoms with Crippen molar-refractivity contribution in [1.29, 1.82) is 0 Å². The first-order valence-electron chi connectivity index (χ1n) is 4.10. The standard InChI is InChI=1S/C6H6N4S6/c11-3-7-9-5(15-3)13-1-2-14-6-10-8-4(12)16-6/h1-2H2,(H,7,11)(H,8,12). The summed E-state index contributed by atoms with van der Waals surface area (Å²) in [5.74, 6) is 1.96. The molecule has 10 heteroatoms. The topological polar surface area (TPSA) is 57.4 Å². The molecule has 4 nitrogen and oxygen atoms in total. The summed E-state index contributed by atoms with van der Waals surface area (Å²) >= 11 is 16.3. The molecule has 0 unspecified atom stereocenters. The molecule has 0 aromatic carbocycles. The van der Waals surface area contributed by atoms with E-state index in [9.17, 15) is 0 Å². The first-order chi connectivity index (χ1) is 7.74. The molecule has 0 bridgehead atoms. The fourth-order valence-corrected chi connectivity index (χ4v) is 5.09. The Bertz CT molecular complexity index is 499. The van der Waals surface area contributed by atoms with Crippen molar-refractivity contribution < 1.29 is 0 Å². The van der Waals surface area contributed by atoms with E-state index in [-0.39, 0.29) is 0 Å². The molecule has 2 rings (SSSR count). The van der Waals surface area contributed by atoms with Gasteiger partial charge in [0.1, 0.15) is 0 Å². The lowest BCUT2D eigenvalue weighted by atomic mass is 11.0. The molecule has 0 fully saturated rings. The van der Waals surface area contributed by atoms with Gasteiger partial charge in [0.15, 0.2) is 16.6 Å². The van der Waals surface area contributed by atoms with Crippen LogP contribution in [0.15, 0.2) is 8.68 Å². The number of H-pyrrole nitrogens is 2. The van der Waals surface area contributed by atoms with E-state index in [2.05, 4.69) is 20.4 Å². The van der Waals surface area contributed by atoms with E-state index in [1.165, 1.54) is 22.7 Å². The highest BCUT2D eigenvalue weighted by atomic mass is 32.2. The second-order valence-electron chi connectivity index (χ2n) is 2.45. The summed E-state index contributed by atoms with van der Waals surface area (Å²) in [5, 5.41) is 13.7. The Labute approximate surface area is 118 Å². The van der Waals surface area contributed by atoms with Gasteiger partial charge in [-0.15, -0.1) is 0 Å². The number of rotatable bonds is 5. The summed E-state index contributed by atoms with van der Waals surface area (Å²) in [6.07, 6.45) is 0. The van der Waals surface area contributed by atoms with Gasteiger partial charge in [-0.05, 0) is 24.4 Å². The number of hydrogen-bond donors (Lipinski definition) is 2. The minimum absolute atomic E-state index is 0.723. The number of nitrogens with one attached hydrogen (secondary N) is 2. The minimum atomic E-state index is 0.723. The van der Waals surface area contributed by atoms with Crippen LogP contribution in [0, 0.1) is 7.91 Å². The SMILES string of the molecule is S=c1[nH]nc(SCCSc2n[nH]c(=S)s2)s1. The summed E-state index contributed by atoms with van der Waals surface area (Å²) in [7, 11) is 0. The lowest BCUT2D eigenvalue weighted by Crippen LogP contribution is -1.83. The molecule has 2 heterocycles. The molecule has 2 aromatic heterocycles. The predicted molar refractivity (Wildman–Crippen MR) is 76.0 cm³/mol. The maximum Gasteiger partial charge on any atom is 0.177 e. The Kier molecular flexibility index (Phi) is 4.97. The third-order valence-electron chi connectivity index (χ3n) is 1.37. The number of aromatic nitrogens is 4. The number of hydrogen-bond acceptors (Lipinski definition) is 8. The largest absolute Gasteiger partial charge is 0.257 e. The van der Waals surface area contributed by atoms with Crippen LogP contribution in [0.2, 0.25) is 0 Å². The zero-order valence-corrected chi connectivity index (χ0v) is 12.7. The average molecular weight is 327 g/mol. The van der Waals surface area contributed by atoms with Gasteiger partial charge >= 0.3 is 0 Å². The highest BCUT2D eigenvalue weighted by Gasteiger charge is 2.01. The molecule has 16 heavy (non-hydrogen) atoms. The van der Waals surface area contributed by atoms with Crippen molar-refractivity contribution in [2.75, 3.05) is 11.5 Å². The lowest BCUT2D eigenvalue weighted by molar-refractivity contribution is 1.00. The summed E-state index contributed by atoms with van der Waals surface area (Å²) in [6, 6.07) is 0. The first-order valence-corrected chi connectivity index (χ1v) is 8.53. The number of nitrogens with zero attached hydrogens (tertiary/aromatic N) is 2. The molecule has 0 amide bonds. The maximum atomic E-state index is 4.95. The van der Waals surface area contributed by atoms with E-state index >= 15 is 0 Å². The van der Waals surface area contributed by atoms with Crippen molar-refractivity contribution >= 4 is 70.6 Å². The fourth-order valence-electron chi connectivity index (χ4n) is 0.814. The van der Waals surface area contributed by atoms with Gasteiger partial charge in [0, 0.05) is 11.5 Å². The van der Waals surface area contributed by atoms with Gasteiger partial charge in [-0.1, -0.05) is 46.2 Å². The predicted octanol–water partition coefficient (Wildman–Crippen LogP) is 3.60. The number of aromatic amines is 2. The summed E-state index contributed by atoms with van der Waals surface area (Å²) in [5.41, 5.74) is 0. The van der Waals surface area contributed by atoms with Crippen LogP contribution in [0.1, 0.15) is 0 Å². The van der Waals surface area contributed by atoms with E-state index in [1.54, 1.807) is 23.5 Å². The van der Waals surface area contributed by atoms with Gasteiger partial charge in [0.25, 0.3) is 0 Å². The molecular formula is C6H6N4S6. The Morgan fingerprint density at radius 2 is 1.38 bits per heavy atom. The maximum absolute atomic E-state index is 4.95. The van der Waals surface area contributed by atoms with Crippen molar-refractivity contribution in [1.82, 2.24) is 20.4 Å². The molecular weight excluding hydrogens is 320 g/mol. The minimum Gasteiger partial charge on any atom is -0.257 e. The third-order valence-corrected chi connectivity index (χ3v) is 6.10. The summed E-state index contributed by atoms with van der Waals surface area (Å²) < 4.78 is 3.42. The molecule has 0 saturated heterocycles. The van der Waals surface area contributed by atoms with Crippen LogP contribution in [0.4, 0.5) is 0 Å². The Morgan fingerprint density at radius 1 is 0.938 bits per heavy atom. The van der Waals surface area contributed by atoms with Crippen LogP contribution in [0.25, 0.3) is 0 Å². The van der Waals surface area contributed by atoms with E-state index in [0.717, 1.165) is 28.1 Å². The molecule has 0 spiro atoms. The van der Waals surface area contributed by atoms with Crippen molar-refractivity contribution in [3.05, 3.63) is 7.91 Å². The van der Waals surface area contributed by atoms with E-state index in [1.807, 2.05) is 0 Å². The van der Waals surface area contributed by atoms with Gasteiger partial charge in [-0.25, -0.2) is 0 Å². The normalized spacial score (nSPS) is 10.8. The molecule has 0 saturated carbocycles. The molecule has 0 aliphatic rings. The second kappa shape index (κ2) is 6.26. The van der Waals surface area contributed by atoms with Gasteiger partial charge in [0.05, 0.1) is 0 Å². The quantitative estimate of drug-likeness (QED) is 0.497. The summed E-state index contributed by atoms with van der Waals surface area (Å²) in [6.45, 7) is 0. The zero-order valence-electron chi connectivity index (χ0n) is 7.76. The van der Waals surface area contributed by atoms with Crippen LogP contribution in [-0.4, -0.2) is 31.9 Å². The first kappa shape index (κ1) is 12.7. The van der Waals surface area contributed by atoms with Crippen LogP contribution < -0.4 is 0 Å². The van der Waals surface area contributed by atoms with Gasteiger partial charge in [0.2, 0.25) is 0 Å². The number of thioether (sulfide) groups is 2. The molecule has 0 atom stereocenters. The highest BCUT2D eigenvalue weighted by Crippen LogP contribution is 2.25. The van der Waals surface area contributed by atoms with Crippen molar-refractivity contribution in [3.63, 3.8) is 0 Å². The van der Waals surface area contributed by atoms with Crippen LogP contribution in [-0.2, 0) is 0 Å². The van der Waals surface area contributed by atoms with E-state index < -0.39 is 0 Å². The molecule has 0 aliphatic heterocycles. The van der Waals surface area contributed by atoms with Gasteiger partial charge < -0.3 is 0 Å². The molecule has 2 aromatic rings. The van der Waals surface area contributed by atoms with Crippen LogP contribution >= 0.6 is 70.6 Å². The van der Waals surface area contributed by atoms with Crippen LogP contribution in [0.5, 0.6) is 0 Å². The summed E-state index contributed by atoms with van der Waals surface area (Å²) in [4.78, 5) is 0.